The number of halogens is 2. The lowest BCUT2D eigenvalue weighted by atomic mass is 10.5. The average Bonchev–Trinajstić information content (AvgIpc) is 2.88. The molecule has 9 heteroatoms. The van der Waals surface area contributed by atoms with Crippen LogP contribution in [0.1, 0.15) is 11.4 Å². The number of hydrogen-bond acceptors (Lipinski definition) is 6. The van der Waals surface area contributed by atoms with Gasteiger partial charge in [0.25, 0.3) is 0 Å². The molecule has 0 amide bonds. The van der Waals surface area contributed by atoms with Gasteiger partial charge in [0.15, 0.2) is 14.6 Å². The van der Waals surface area contributed by atoms with Crippen molar-refractivity contribution in [2.75, 3.05) is 0 Å². The second-order valence-electron chi connectivity index (χ2n) is 2.45. The fraction of sp³-hybridized carbons (Fsp3) is 0. The monoisotopic (exact) mass is 322 g/mol. The van der Waals surface area contributed by atoms with E-state index in [1.807, 2.05) is 6.07 Å². The van der Waals surface area contributed by atoms with Gasteiger partial charge in [0.2, 0.25) is 0 Å². The molecule has 17 heavy (non-hydrogen) atoms. The van der Waals surface area contributed by atoms with Crippen LogP contribution in [0.4, 0.5) is 0 Å². The Morgan fingerprint density at radius 1 is 1.29 bits per heavy atom. The summed E-state index contributed by atoms with van der Waals surface area (Å²) < 4.78 is 0.888. The molecule has 4 nitrogen and oxygen atoms in total. The molecule has 0 fully saturated rings. The van der Waals surface area contributed by atoms with E-state index < -0.39 is 0 Å². The van der Waals surface area contributed by atoms with Crippen LogP contribution in [-0.2, 0) is 0 Å². The van der Waals surface area contributed by atoms with Crippen molar-refractivity contribution in [1.29, 1.82) is 5.26 Å². The molecule has 0 radical (unpaired) electrons. The summed E-state index contributed by atoms with van der Waals surface area (Å²) in [5, 5.41) is 11.5. The van der Waals surface area contributed by atoms with Crippen LogP contribution >= 0.6 is 58.1 Å². The van der Waals surface area contributed by atoms with Gasteiger partial charge in [-0.3, -0.25) is 0 Å². The van der Waals surface area contributed by atoms with Crippen LogP contribution in [0.15, 0.2) is 10.8 Å². The maximum atomic E-state index is 8.19. The van der Waals surface area contributed by atoms with Gasteiger partial charge in [-0.15, -0.1) is 22.7 Å². The second-order valence-corrected chi connectivity index (χ2v) is 5.77. The summed E-state index contributed by atoms with van der Waals surface area (Å²) in [5.41, 5.74) is 6.23. The van der Waals surface area contributed by atoms with E-state index in [9.17, 15) is 0 Å². The maximum Gasteiger partial charge on any atom is 0.184 e. The van der Waals surface area contributed by atoms with Crippen molar-refractivity contribution in [3.8, 4) is 6.07 Å². The first kappa shape index (κ1) is 14.3. The molecular formula is C8H4Cl2N4S3. The lowest BCUT2D eigenvalue weighted by molar-refractivity contribution is 1.34. The third-order valence-corrected chi connectivity index (χ3v) is 3.49. The maximum absolute atomic E-state index is 8.19. The number of rotatable bonds is 1. The molecule has 2 rings (SSSR count). The molecular weight excluding hydrogens is 319 g/mol. The first-order chi connectivity index (χ1) is 8.02. The van der Waals surface area contributed by atoms with E-state index in [0.717, 1.165) is 0 Å². The molecule has 0 aliphatic rings. The molecule has 0 saturated carbocycles. The van der Waals surface area contributed by atoms with E-state index >= 15 is 0 Å². The Bertz CT molecular complexity index is 557. The Morgan fingerprint density at radius 2 is 1.88 bits per heavy atom. The highest BCUT2D eigenvalue weighted by Gasteiger charge is 1.99. The second kappa shape index (κ2) is 6.83. The number of thiocarbonyl (C=S) groups is 1. The summed E-state index contributed by atoms with van der Waals surface area (Å²) in [6.07, 6.45) is 0. The zero-order valence-corrected chi connectivity index (χ0v) is 12.0. The Kier molecular flexibility index (Phi) is 5.74. The highest BCUT2D eigenvalue weighted by Crippen LogP contribution is 2.14. The number of nitriles is 1. The molecule has 0 saturated heterocycles. The van der Waals surface area contributed by atoms with Gasteiger partial charge in [-0.1, -0.05) is 35.4 Å². The highest BCUT2D eigenvalue weighted by atomic mass is 35.5. The number of hydrogen-bond donors (Lipinski definition) is 1. The van der Waals surface area contributed by atoms with E-state index in [1.54, 1.807) is 10.8 Å². The number of thiazole rings is 2. The summed E-state index contributed by atoms with van der Waals surface area (Å²) >= 11 is 18.1. The predicted molar refractivity (Wildman–Crippen MR) is 74.9 cm³/mol. The van der Waals surface area contributed by atoms with Crippen molar-refractivity contribution in [2.24, 2.45) is 5.73 Å². The highest BCUT2D eigenvalue weighted by molar-refractivity contribution is 7.80. The van der Waals surface area contributed by atoms with E-state index in [2.05, 4.69) is 22.2 Å². The van der Waals surface area contributed by atoms with Gasteiger partial charge >= 0.3 is 0 Å². The Labute approximate surface area is 121 Å². The summed E-state index contributed by atoms with van der Waals surface area (Å²) in [7, 11) is 0. The van der Waals surface area contributed by atoms with E-state index in [4.69, 9.17) is 34.2 Å². The van der Waals surface area contributed by atoms with Crippen molar-refractivity contribution in [3.63, 3.8) is 0 Å². The molecule has 0 atom stereocenters. The summed E-state index contributed by atoms with van der Waals surface area (Å²) in [4.78, 5) is 7.77. The van der Waals surface area contributed by atoms with Crippen molar-refractivity contribution < 1.29 is 0 Å². The molecule has 2 aromatic heterocycles. The number of nitrogens with two attached hydrogens (primary N) is 1. The quantitative estimate of drug-likeness (QED) is 0.816. The molecule has 0 aliphatic heterocycles. The standard InChI is InChI=1S/C4H3ClN2S2.C4HClN2S/c5-4-7-2(1-9-4)3(6)8;5-4-7-3(1-6)2-8-4/h1H,(H2,6,8);2H. The van der Waals surface area contributed by atoms with Crippen molar-refractivity contribution in [2.45, 2.75) is 0 Å². The summed E-state index contributed by atoms with van der Waals surface area (Å²) in [6, 6.07) is 1.86. The third kappa shape index (κ3) is 4.93. The average molecular weight is 323 g/mol. The molecule has 2 aromatic rings. The van der Waals surface area contributed by atoms with Gasteiger partial charge in [0.05, 0.1) is 0 Å². The predicted octanol–water partition coefficient (Wildman–Crippen LogP) is 3.10. The Hall–Kier alpha value is -0.780. The van der Waals surface area contributed by atoms with Crippen LogP contribution in [0, 0.1) is 11.3 Å². The molecule has 2 N–H and O–H groups in total. The minimum Gasteiger partial charge on any atom is -0.388 e. The molecule has 0 aromatic carbocycles. The molecule has 0 spiro atoms. The van der Waals surface area contributed by atoms with Crippen LogP contribution in [0.3, 0.4) is 0 Å². The van der Waals surface area contributed by atoms with Crippen LogP contribution < -0.4 is 5.73 Å². The van der Waals surface area contributed by atoms with Crippen molar-refractivity contribution >= 4 is 63.1 Å². The van der Waals surface area contributed by atoms with Crippen molar-refractivity contribution in [1.82, 2.24) is 9.97 Å². The van der Waals surface area contributed by atoms with E-state index in [0.29, 0.717) is 20.3 Å². The molecule has 2 heterocycles. The van der Waals surface area contributed by atoms with Gasteiger partial charge in [0.1, 0.15) is 16.8 Å². The minimum atomic E-state index is 0.290. The number of aromatic nitrogens is 2. The van der Waals surface area contributed by atoms with Gasteiger partial charge in [-0.05, 0) is 0 Å². The third-order valence-electron chi connectivity index (χ3n) is 1.32. The Morgan fingerprint density at radius 3 is 2.12 bits per heavy atom. The molecule has 0 bridgehead atoms. The first-order valence-electron chi connectivity index (χ1n) is 3.95. The lowest BCUT2D eigenvalue weighted by Gasteiger charge is -1.84. The first-order valence-corrected chi connectivity index (χ1v) is 6.87. The van der Waals surface area contributed by atoms with E-state index in [-0.39, 0.29) is 4.99 Å². The molecule has 88 valence electrons. The fourth-order valence-corrected chi connectivity index (χ4v) is 2.30. The fourth-order valence-electron chi connectivity index (χ4n) is 0.668. The normalized spacial score (nSPS) is 9.00. The largest absolute Gasteiger partial charge is 0.388 e. The van der Waals surface area contributed by atoms with Gasteiger partial charge in [-0.2, -0.15) is 5.26 Å². The van der Waals surface area contributed by atoms with Crippen LogP contribution in [0.25, 0.3) is 0 Å². The lowest BCUT2D eigenvalue weighted by Crippen LogP contribution is -2.09. The topological polar surface area (TPSA) is 75.6 Å². The minimum absolute atomic E-state index is 0.290. The van der Waals surface area contributed by atoms with Gasteiger partial charge in [-0.25, -0.2) is 9.97 Å². The van der Waals surface area contributed by atoms with E-state index in [1.165, 1.54) is 22.7 Å². The zero-order valence-electron chi connectivity index (χ0n) is 8.05. The molecule has 0 aliphatic carbocycles. The van der Waals surface area contributed by atoms with Crippen LogP contribution in [0.5, 0.6) is 0 Å². The zero-order chi connectivity index (χ0) is 12.8. The smallest absolute Gasteiger partial charge is 0.184 e. The van der Waals surface area contributed by atoms with Crippen LogP contribution in [0.2, 0.25) is 8.93 Å². The van der Waals surface area contributed by atoms with Crippen LogP contribution in [-0.4, -0.2) is 15.0 Å². The summed E-state index contributed by atoms with van der Waals surface area (Å²) in [5.74, 6) is 0. The SMILES string of the molecule is N#Cc1csc(Cl)n1.NC(=S)c1csc(Cl)n1. The van der Waals surface area contributed by atoms with Gasteiger partial charge in [0, 0.05) is 10.8 Å². The molecule has 0 unspecified atom stereocenters. The Balaban J connectivity index is 0.000000171. The number of nitrogens with zero attached hydrogens (tertiary/aromatic N) is 3. The van der Waals surface area contributed by atoms with Crippen molar-refractivity contribution in [3.05, 3.63) is 31.1 Å². The van der Waals surface area contributed by atoms with Gasteiger partial charge < -0.3 is 5.73 Å². The summed E-state index contributed by atoms with van der Waals surface area (Å²) in [6.45, 7) is 0.